The van der Waals surface area contributed by atoms with Gasteiger partial charge in [-0.1, -0.05) is 6.92 Å². The zero-order chi connectivity index (χ0) is 15.3. The van der Waals surface area contributed by atoms with Crippen molar-refractivity contribution in [3.8, 4) is 0 Å². The number of aromatic nitrogens is 5. The van der Waals surface area contributed by atoms with E-state index < -0.39 is 11.3 Å². The first-order valence-electron chi connectivity index (χ1n) is 7.16. The SMILES string of the molecule is C[C@@H]1C[C@H](NS(=O)[O-])C[C@@H]1c1nnc2cnc3[nH]ccc3n12. The molecule has 2 N–H and O–H groups in total. The summed E-state index contributed by atoms with van der Waals surface area (Å²) in [5.41, 5.74) is 2.43. The van der Waals surface area contributed by atoms with Crippen molar-refractivity contribution in [1.29, 1.82) is 0 Å². The molecule has 1 aliphatic rings. The molecule has 8 nitrogen and oxygen atoms in total. The Hall–Kier alpha value is -1.84. The van der Waals surface area contributed by atoms with Crippen molar-refractivity contribution in [3.05, 3.63) is 24.3 Å². The molecule has 0 aromatic carbocycles. The predicted octanol–water partition coefficient (Wildman–Crippen LogP) is 0.871. The highest BCUT2D eigenvalue weighted by atomic mass is 32.2. The molecule has 3 aromatic rings. The Morgan fingerprint density at radius 2 is 2.32 bits per heavy atom. The van der Waals surface area contributed by atoms with Crippen LogP contribution in [0.4, 0.5) is 0 Å². The zero-order valence-electron chi connectivity index (χ0n) is 11.9. The van der Waals surface area contributed by atoms with Gasteiger partial charge in [0.2, 0.25) is 0 Å². The van der Waals surface area contributed by atoms with Crippen LogP contribution in [0, 0.1) is 5.92 Å². The molecule has 0 spiro atoms. The molecule has 1 saturated carbocycles. The minimum Gasteiger partial charge on any atom is -0.760 e. The summed E-state index contributed by atoms with van der Waals surface area (Å²) in [5.74, 6) is 1.36. The van der Waals surface area contributed by atoms with Crippen LogP contribution < -0.4 is 4.72 Å². The van der Waals surface area contributed by atoms with E-state index in [1.165, 1.54) is 0 Å². The van der Waals surface area contributed by atoms with Crippen molar-refractivity contribution in [3.63, 3.8) is 0 Å². The van der Waals surface area contributed by atoms with Gasteiger partial charge in [-0.25, -0.2) is 9.71 Å². The summed E-state index contributed by atoms with van der Waals surface area (Å²) in [6.07, 6.45) is 5.06. The van der Waals surface area contributed by atoms with E-state index in [9.17, 15) is 8.76 Å². The van der Waals surface area contributed by atoms with Crippen LogP contribution in [-0.2, 0) is 11.3 Å². The van der Waals surface area contributed by atoms with Crippen molar-refractivity contribution in [2.24, 2.45) is 5.92 Å². The summed E-state index contributed by atoms with van der Waals surface area (Å²) in [6.45, 7) is 2.12. The number of fused-ring (bicyclic) bond motifs is 3. The van der Waals surface area contributed by atoms with Crippen LogP contribution in [-0.4, -0.2) is 39.4 Å². The summed E-state index contributed by atoms with van der Waals surface area (Å²) in [6, 6.07) is 1.90. The first-order valence-corrected chi connectivity index (χ1v) is 8.23. The van der Waals surface area contributed by atoms with E-state index in [0.717, 1.165) is 29.8 Å². The molecule has 0 radical (unpaired) electrons. The first-order chi connectivity index (χ1) is 10.6. The van der Waals surface area contributed by atoms with E-state index in [4.69, 9.17) is 0 Å². The van der Waals surface area contributed by atoms with Crippen LogP contribution >= 0.6 is 0 Å². The van der Waals surface area contributed by atoms with Gasteiger partial charge in [0.1, 0.15) is 5.82 Å². The minimum absolute atomic E-state index is 0.0470. The number of nitrogens with one attached hydrogen (secondary N) is 2. The van der Waals surface area contributed by atoms with E-state index in [0.29, 0.717) is 11.6 Å². The van der Waals surface area contributed by atoms with Crippen molar-refractivity contribution in [1.82, 2.24) is 29.3 Å². The smallest absolute Gasteiger partial charge is 0.179 e. The fraction of sp³-hybridized carbons (Fsp3) is 0.462. The molecule has 3 aromatic heterocycles. The molecular formula is C13H15N6O2S-. The molecule has 22 heavy (non-hydrogen) atoms. The highest BCUT2D eigenvalue weighted by Crippen LogP contribution is 2.39. The number of hydrogen-bond donors (Lipinski definition) is 2. The Balaban J connectivity index is 1.78. The number of nitrogens with zero attached hydrogens (tertiary/aromatic N) is 4. The first kappa shape index (κ1) is 13.8. The van der Waals surface area contributed by atoms with Crippen LogP contribution in [0.25, 0.3) is 16.8 Å². The van der Waals surface area contributed by atoms with Gasteiger partial charge in [-0.3, -0.25) is 8.61 Å². The van der Waals surface area contributed by atoms with Crippen LogP contribution in [0.2, 0.25) is 0 Å². The summed E-state index contributed by atoms with van der Waals surface area (Å²) in [5, 5.41) is 8.56. The number of aromatic amines is 1. The lowest BCUT2D eigenvalue weighted by Crippen LogP contribution is -2.28. The molecule has 0 bridgehead atoms. The van der Waals surface area contributed by atoms with Crippen LogP contribution in [0.15, 0.2) is 18.5 Å². The molecule has 0 amide bonds. The highest BCUT2D eigenvalue weighted by molar-refractivity contribution is 7.77. The minimum atomic E-state index is -2.23. The summed E-state index contributed by atoms with van der Waals surface area (Å²) in [7, 11) is 0. The van der Waals surface area contributed by atoms with Gasteiger partial charge in [0, 0.05) is 29.4 Å². The third-order valence-corrected chi connectivity index (χ3v) is 4.97. The normalized spacial score (nSPS) is 26.9. The fourth-order valence-corrected chi connectivity index (χ4v) is 3.94. The Morgan fingerprint density at radius 1 is 1.45 bits per heavy atom. The molecule has 4 atom stereocenters. The lowest BCUT2D eigenvalue weighted by atomic mass is 9.97. The fourth-order valence-electron chi connectivity index (χ4n) is 3.48. The average Bonchev–Trinajstić information content (AvgIpc) is 3.14. The van der Waals surface area contributed by atoms with Gasteiger partial charge in [-0.05, 0) is 24.8 Å². The lowest BCUT2D eigenvalue weighted by molar-refractivity contribution is 0.496. The average molecular weight is 319 g/mol. The summed E-state index contributed by atoms with van der Waals surface area (Å²) in [4.78, 5) is 7.39. The van der Waals surface area contributed by atoms with Crippen molar-refractivity contribution in [2.45, 2.75) is 31.7 Å². The molecule has 116 valence electrons. The van der Waals surface area contributed by atoms with E-state index in [-0.39, 0.29) is 12.0 Å². The second-order valence-corrected chi connectivity index (χ2v) is 6.53. The van der Waals surface area contributed by atoms with E-state index in [2.05, 4.69) is 31.8 Å². The lowest BCUT2D eigenvalue weighted by Gasteiger charge is -2.14. The van der Waals surface area contributed by atoms with Gasteiger partial charge in [-0.2, -0.15) is 0 Å². The maximum Gasteiger partial charge on any atom is 0.179 e. The number of rotatable bonds is 3. The summed E-state index contributed by atoms with van der Waals surface area (Å²) < 4.78 is 26.3. The van der Waals surface area contributed by atoms with Gasteiger partial charge >= 0.3 is 0 Å². The molecule has 0 saturated heterocycles. The molecule has 4 rings (SSSR count). The number of H-pyrrole nitrogens is 1. The zero-order valence-corrected chi connectivity index (χ0v) is 12.7. The van der Waals surface area contributed by atoms with Crippen LogP contribution in [0.1, 0.15) is 31.5 Å². The molecular weight excluding hydrogens is 304 g/mol. The van der Waals surface area contributed by atoms with Crippen LogP contribution in [0.3, 0.4) is 0 Å². The second-order valence-electron chi connectivity index (χ2n) is 5.83. The van der Waals surface area contributed by atoms with Crippen molar-refractivity contribution < 1.29 is 8.76 Å². The van der Waals surface area contributed by atoms with E-state index >= 15 is 0 Å². The Labute approximate surface area is 128 Å². The monoisotopic (exact) mass is 319 g/mol. The Bertz CT molecular complexity index is 859. The molecule has 1 aliphatic carbocycles. The molecule has 1 fully saturated rings. The van der Waals surface area contributed by atoms with Gasteiger partial charge in [0.15, 0.2) is 11.3 Å². The third kappa shape index (κ3) is 2.13. The third-order valence-electron chi connectivity index (χ3n) is 4.44. The maximum absolute atomic E-state index is 10.9. The van der Waals surface area contributed by atoms with Gasteiger partial charge in [0.25, 0.3) is 0 Å². The maximum atomic E-state index is 10.9. The van der Waals surface area contributed by atoms with Gasteiger partial charge in [0.05, 0.1) is 11.7 Å². The molecule has 0 aliphatic heterocycles. The van der Waals surface area contributed by atoms with Crippen LogP contribution in [0.5, 0.6) is 0 Å². The largest absolute Gasteiger partial charge is 0.760 e. The van der Waals surface area contributed by atoms with Crippen molar-refractivity contribution >= 4 is 28.1 Å². The van der Waals surface area contributed by atoms with E-state index in [1.54, 1.807) is 6.20 Å². The summed E-state index contributed by atoms with van der Waals surface area (Å²) >= 11 is -2.23. The Morgan fingerprint density at radius 3 is 3.14 bits per heavy atom. The quantitative estimate of drug-likeness (QED) is 0.696. The number of hydrogen-bond acceptors (Lipinski definition) is 5. The van der Waals surface area contributed by atoms with E-state index in [1.807, 2.05) is 16.7 Å². The highest BCUT2D eigenvalue weighted by Gasteiger charge is 2.35. The van der Waals surface area contributed by atoms with Crippen molar-refractivity contribution in [2.75, 3.05) is 0 Å². The topological polar surface area (TPSA) is 111 Å². The second kappa shape index (κ2) is 5.11. The van der Waals surface area contributed by atoms with Gasteiger partial charge < -0.3 is 9.54 Å². The molecule has 9 heteroatoms. The van der Waals surface area contributed by atoms with Gasteiger partial charge in [-0.15, -0.1) is 10.2 Å². The predicted molar refractivity (Wildman–Crippen MR) is 79.6 cm³/mol. The Kier molecular flexibility index (Phi) is 3.21. The standard InChI is InChI=1S/C13H16N6O2S/c1-7-4-8(18-22(20)21)5-9(7)13-17-16-11-6-15-12-10(19(11)13)2-3-14-12/h2-3,6-9,14,18H,4-5H2,1H3,(H,20,21)/p-1/t7-,8+,9+/m1/s1. The molecule has 1 unspecified atom stereocenters. The molecule has 3 heterocycles.